The van der Waals surface area contributed by atoms with Crippen LogP contribution in [0.3, 0.4) is 0 Å². The molecule has 0 saturated carbocycles. The number of ether oxygens (including phenoxy) is 1. The predicted octanol–water partition coefficient (Wildman–Crippen LogP) is 2.55. The van der Waals surface area contributed by atoms with Gasteiger partial charge in [-0.1, -0.05) is 0 Å². The van der Waals surface area contributed by atoms with Gasteiger partial charge in [-0.25, -0.2) is 13.1 Å². The Hall–Kier alpha value is -2.71. The van der Waals surface area contributed by atoms with E-state index in [-0.39, 0.29) is 11.4 Å². The first-order chi connectivity index (χ1) is 12.9. The Morgan fingerprint density at radius 3 is 2.41 bits per heavy atom. The molecule has 0 unspecified atom stereocenters. The number of nitrogens with one attached hydrogen (secondary N) is 1. The number of nitrogens with zero attached hydrogens (tertiary/aromatic N) is 3. The van der Waals surface area contributed by atoms with E-state index in [0.717, 1.165) is 22.4 Å². The topological polar surface area (TPSA) is 86.1 Å². The highest BCUT2D eigenvalue weighted by atomic mass is 32.2. The summed E-state index contributed by atoms with van der Waals surface area (Å²) in [4.78, 5) is 4.22. The minimum absolute atomic E-state index is 0.233. The zero-order valence-corrected chi connectivity index (χ0v) is 16.3. The van der Waals surface area contributed by atoms with Gasteiger partial charge in [0.1, 0.15) is 5.75 Å². The van der Waals surface area contributed by atoms with E-state index in [1.54, 1.807) is 36.3 Å². The van der Waals surface area contributed by atoms with Gasteiger partial charge in [-0.15, -0.1) is 0 Å². The van der Waals surface area contributed by atoms with Crippen LogP contribution in [0, 0.1) is 13.8 Å². The van der Waals surface area contributed by atoms with Crippen LogP contribution in [0.1, 0.15) is 11.1 Å². The van der Waals surface area contributed by atoms with E-state index >= 15 is 0 Å². The zero-order valence-electron chi connectivity index (χ0n) is 15.5. The molecular weight excluding hydrogens is 364 g/mol. The lowest BCUT2D eigenvalue weighted by atomic mass is 10.1. The van der Waals surface area contributed by atoms with Gasteiger partial charge in [-0.2, -0.15) is 5.10 Å². The molecule has 3 rings (SSSR count). The molecule has 0 aliphatic heterocycles. The van der Waals surface area contributed by atoms with Crippen LogP contribution >= 0.6 is 0 Å². The first kappa shape index (κ1) is 19.1. The number of pyridine rings is 1. The third-order valence-electron chi connectivity index (χ3n) is 4.20. The summed E-state index contributed by atoms with van der Waals surface area (Å²) in [5.74, 6) is 0.703. The molecule has 142 valence electrons. The summed E-state index contributed by atoms with van der Waals surface area (Å²) in [5.41, 5.74) is 3.36. The van der Waals surface area contributed by atoms with Crippen LogP contribution in [-0.4, -0.2) is 36.8 Å². The molecule has 2 heterocycles. The van der Waals surface area contributed by atoms with Crippen LogP contribution in [0.2, 0.25) is 0 Å². The average Bonchev–Trinajstić information content (AvgIpc) is 3.11. The Balaban J connectivity index is 1.66. The standard InChI is InChI=1S/C19H22N4O3S/c1-14-12-17(13-15(2)19(14)26-3)27(24,25)21-9-11-23-10-6-18(22-23)16-4-7-20-8-5-16/h4-8,10,12-13,21H,9,11H2,1-3H3. The van der Waals surface area contributed by atoms with Crippen molar-refractivity contribution < 1.29 is 13.2 Å². The first-order valence-electron chi connectivity index (χ1n) is 8.49. The lowest BCUT2D eigenvalue weighted by Gasteiger charge is -2.12. The van der Waals surface area contributed by atoms with Gasteiger partial charge in [0, 0.05) is 30.7 Å². The van der Waals surface area contributed by atoms with Crippen molar-refractivity contribution in [1.82, 2.24) is 19.5 Å². The number of methoxy groups -OCH3 is 1. The van der Waals surface area contributed by atoms with E-state index < -0.39 is 10.0 Å². The van der Waals surface area contributed by atoms with Gasteiger partial charge in [-0.05, 0) is 55.3 Å². The van der Waals surface area contributed by atoms with E-state index in [1.165, 1.54) is 0 Å². The minimum Gasteiger partial charge on any atom is -0.496 e. The van der Waals surface area contributed by atoms with Crippen molar-refractivity contribution in [2.24, 2.45) is 0 Å². The Kier molecular flexibility index (Phi) is 5.57. The highest BCUT2D eigenvalue weighted by molar-refractivity contribution is 7.89. The molecular formula is C19H22N4O3S. The van der Waals surface area contributed by atoms with Crippen molar-refractivity contribution >= 4 is 10.0 Å². The van der Waals surface area contributed by atoms with Crippen molar-refractivity contribution in [2.45, 2.75) is 25.3 Å². The Labute approximate surface area is 159 Å². The summed E-state index contributed by atoms with van der Waals surface area (Å²) in [5, 5.41) is 4.46. The summed E-state index contributed by atoms with van der Waals surface area (Å²) in [6.45, 7) is 4.33. The third kappa shape index (κ3) is 4.35. The Morgan fingerprint density at radius 2 is 1.78 bits per heavy atom. The molecule has 0 aliphatic rings. The van der Waals surface area contributed by atoms with Gasteiger partial charge >= 0.3 is 0 Å². The van der Waals surface area contributed by atoms with Gasteiger partial charge in [0.15, 0.2) is 0 Å². The van der Waals surface area contributed by atoms with Crippen molar-refractivity contribution in [1.29, 1.82) is 0 Å². The lowest BCUT2D eigenvalue weighted by molar-refractivity contribution is 0.408. The first-order valence-corrected chi connectivity index (χ1v) is 9.98. The second-order valence-electron chi connectivity index (χ2n) is 6.19. The predicted molar refractivity (Wildman–Crippen MR) is 103 cm³/mol. The molecule has 0 fully saturated rings. The smallest absolute Gasteiger partial charge is 0.240 e. The second kappa shape index (κ2) is 7.89. The molecule has 2 aromatic heterocycles. The quantitative estimate of drug-likeness (QED) is 0.674. The molecule has 7 nitrogen and oxygen atoms in total. The Bertz CT molecular complexity index is 1010. The maximum Gasteiger partial charge on any atom is 0.240 e. The van der Waals surface area contributed by atoms with Crippen molar-refractivity contribution in [2.75, 3.05) is 13.7 Å². The van der Waals surface area contributed by atoms with Gasteiger partial charge in [0.25, 0.3) is 0 Å². The summed E-state index contributed by atoms with van der Waals surface area (Å²) in [6, 6.07) is 8.88. The zero-order chi connectivity index (χ0) is 19.4. The minimum atomic E-state index is -3.60. The molecule has 0 spiro atoms. The number of sulfonamides is 1. The van der Waals surface area contributed by atoms with Crippen molar-refractivity contribution in [3.63, 3.8) is 0 Å². The van der Waals surface area contributed by atoms with Crippen LogP contribution < -0.4 is 9.46 Å². The fourth-order valence-electron chi connectivity index (χ4n) is 2.93. The van der Waals surface area contributed by atoms with E-state index in [9.17, 15) is 8.42 Å². The van der Waals surface area contributed by atoms with Gasteiger partial charge in [0.2, 0.25) is 10.0 Å². The number of aryl methyl sites for hydroxylation is 2. The molecule has 0 bridgehead atoms. The lowest BCUT2D eigenvalue weighted by Crippen LogP contribution is -2.27. The van der Waals surface area contributed by atoms with E-state index in [0.29, 0.717) is 12.3 Å². The normalized spacial score (nSPS) is 11.5. The third-order valence-corrected chi connectivity index (χ3v) is 5.64. The molecule has 0 amide bonds. The SMILES string of the molecule is COc1c(C)cc(S(=O)(=O)NCCn2ccc(-c3ccncc3)n2)cc1C. The van der Waals surface area contributed by atoms with Gasteiger partial charge < -0.3 is 4.74 Å². The second-order valence-corrected chi connectivity index (χ2v) is 7.95. The van der Waals surface area contributed by atoms with Crippen LogP contribution in [0.4, 0.5) is 0 Å². The van der Waals surface area contributed by atoms with E-state index in [2.05, 4.69) is 14.8 Å². The maximum atomic E-state index is 12.6. The summed E-state index contributed by atoms with van der Waals surface area (Å²) in [7, 11) is -2.03. The average molecular weight is 386 g/mol. The molecule has 8 heteroatoms. The molecule has 0 radical (unpaired) electrons. The monoisotopic (exact) mass is 386 g/mol. The van der Waals surface area contributed by atoms with Gasteiger partial charge in [-0.3, -0.25) is 9.67 Å². The van der Waals surface area contributed by atoms with Crippen LogP contribution in [0.25, 0.3) is 11.3 Å². The molecule has 0 aliphatic carbocycles. The molecule has 0 atom stereocenters. The van der Waals surface area contributed by atoms with Crippen molar-refractivity contribution in [3.8, 4) is 17.0 Å². The molecule has 0 saturated heterocycles. The van der Waals surface area contributed by atoms with Crippen LogP contribution in [0.5, 0.6) is 5.75 Å². The number of rotatable bonds is 7. The summed E-state index contributed by atoms with van der Waals surface area (Å²) >= 11 is 0. The Morgan fingerprint density at radius 1 is 1.11 bits per heavy atom. The fourth-order valence-corrected chi connectivity index (χ4v) is 4.12. The summed E-state index contributed by atoms with van der Waals surface area (Å²) in [6.07, 6.45) is 5.24. The van der Waals surface area contributed by atoms with Gasteiger partial charge in [0.05, 0.1) is 24.2 Å². The maximum absolute atomic E-state index is 12.6. The number of aromatic nitrogens is 3. The molecule has 27 heavy (non-hydrogen) atoms. The van der Waals surface area contributed by atoms with Crippen LogP contribution in [-0.2, 0) is 16.6 Å². The van der Waals surface area contributed by atoms with Crippen LogP contribution in [0.15, 0.2) is 53.8 Å². The van der Waals surface area contributed by atoms with E-state index in [1.807, 2.05) is 38.2 Å². The largest absolute Gasteiger partial charge is 0.496 e. The highest BCUT2D eigenvalue weighted by Crippen LogP contribution is 2.26. The molecule has 3 aromatic rings. The fraction of sp³-hybridized carbons (Fsp3) is 0.263. The molecule has 1 aromatic carbocycles. The van der Waals surface area contributed by atoms with E-state index in [4.69, 9.17) is 4.74 Å². The summed E-state index contributed by atoms with van der Waals surface area (Å²) < 4.78 is 34.8. The number of benzene rings is 1. The number of hydrogen-bond acceptors (Lipinski definition) is 5. The molecule has 1 N–H and O–H groups in total. The van der Waals surface area contributed by atoms with Crippen molar-refractivity contribution in [3.05, 3.63) is 60.0 Å². The highest BCUT2D eigenvalue weighted by Gasteiger charge is 2.17. The number of hydrogen-bond donors (Lipinski definition) is 1.